The van der Waals surface area contributed by atoms with Gasteiger partial charge >= 0.3 is 5.97 Å². The van der Waals surface area contributed by atoms with Crippen LogP contribution in [0.1, 0.15) is 41.6 Å². The first-order chi connectivity index (χ1) is 9.06. The molecule has 0 saturated carbocycles. The highest BCUT2D eigenvalue weighted by atomic mass is 16.5. The molecule has 0 radical (unpaired) electrons. The quantitative estimate of drug-likeness (QED) is 0.774. The van der Waals surface area contributed by atoms with E-state index in [1.807, 2.05) is 0 Å². The summed E-state index contributed by atoms with van der Waals surface area (Å²) in [7, 11) is 0. The Morgan fingerprint density at radius 1 is 1.47 bits per heavy atom. The maximum absolute atomic E-state index is 12.5. The number of likely N-dealkylation sites (tertiary alicyclic amines) is 1. The maximum atomic E-state index is 12.5. The lowest BCUT2D eigenvalue weighted by molar-refractivity contribution is -0.147. The van der Waals surface area contributed by atoms with Gasteiger partial charge in [-0.25, -0.2) is 4.79 Å². The Kier molecular flexibility index (Phi) is 3.87. The van der Waals surface area contributed by atoms with Gasteiger partial charge in [0.25, 0.3) is 5.91 Å². The van der Waals surface area contributed by atoms with Crippen molar-refractivity contribution in [3.63, 3.8) is 0 Å². The summed E-state index contributed by atoms with van der Waals surface area (Å²) in [5.74, 6) is -0.0519. The van der Waals surface area contributed by atoms with Gasteiger partial charge in [-0.1, -0.05) is 5.16 Å². The Hall–Kier alpha value is -1.85. The summed E-state index contributed by atoms with van der Waals surface area (Å²) in [4.78, 5) is 25.9. The molecular formula is C13H18N2O4. The first kappa shape index (κ1) is 13.6. The summed E-state index contributed by atoms with van der Waals surface area (Å²) in [5.41, 5.74) is 1.01. The number of esters is 1. The van der Waals surface area contributed by atoms with Crippen molar-refractivity contribution in [1.29, 1.82) is 0 Å². The molecule has 2 rings (SSSR count). The van der Waals surface area contributed by atoms with E-state index >= 15 is 0 Å². The van der Waals surface area contributed by atoms with Gasteiger partial charge in [-0.3, -0.25) is 4.79 Å². The largest absolute Gasteiger partial charge is 0.464 e. The van der Waals surface area contributed by atoms with Crippen LogP contribution >= 0.6 is 0 Å². The summed E-state index contributed by atoms with van der Waals surface area (Å²) in [5, 5.41) is 3.78. The maximum Gasteiger partial charge on any atom is 0.328 e. The van der Waals surface area contributed by atoms with Crippen molar-refractivity contribution >= 4 is 11.9 Å². The van der Waals surface area contributed by atoms with Crippen molar-refractivity contribution in [2.45, 2.75) is 39.7 Å². The Morgan fingerprint density at radius 3 is 2.79 bits per heavy atom. The van der Waals surface area contributed by atoms with Crippen LogP contribution in [0.2, 0.25) is 0 Å². The normalized spacial score (nSPS) is 18.7. The molecule has 1 aromatic rings. The first-order valence-electron chi connectivity index (χ1n) is 6.46. The summed E-state index contributed by atoms with van der Waals surface area (Å²) in [6, 6.07) is -0.485. The van der Waals surface area contributed by atoms with Gasteiger partial charge in [0.1, 0.15) is 17.4 Å². The lowest BCUT2D eigenvalue weighted by Gasteiger charge is -2.22. The third-order valence-corrected chi connectivity index (χ3v) is 3.32. The van der Waals surface area contributed by atoms with Gasteiger partial charge in [0.2, 0.25) is 0 Å². The van der Waals surface area contributed by atoms with E-state index in [4.69, 9.17) is 9.26 Å². The molecule has 1 saturated heterocycles. The summed E-state index contributed by atoms with van der Waals surface area (Å²) >= 11 is 0. The number of aryl methyl sites for hydroxylation is 2. The van der Waals surface area contributed by atoms with E-state index in [9.17, 15) is 9.59 Å². The summed E-state index contributed by atoms with van der Waals surface area (Å²) < 4.78 is 10.0. The van der Waals surface area contributed by atoms with Crippen molar-refractivity contribution in [1.82, 2.24) is 10.1 Å². The van der Waals surface area contributed by atoms with Crippen LogP contribution in [-0.2, 0) is 9.53 Å². The zero-order valence-electron chi connectivity index (χ0n) is 11.4. The first-order valence-corrected chi connectivity index (χ1v) is 6.46. The summed E-state index contributed by atoms with van der Waals surface area (Å²) in [6.45, 7) is 6.06. The molecule has 1 fully saturated rings. The lowest BCUT2D eigenvalue weighted by Crippen LogP contribution is -2.41. The average Bonchev–Trinajstić information content (AvgIpc) is 2.96. The lowest BCUT2D eigenvalue weighted by atomic mass is 10.1. The van der Waals surface area contributed by atoms with Crippen LogP contribution < -0.4 is 0 Å². The van der Waals surface area contributed by atoms with E-state index in [-0.39, 0.29) is 11.9 Å². The van der Waals surface area contributed by atoms with Crippen molar-refractivity contribution in [3.8, 4) is 0 Å². The molecule has 1 amide bonds. The molecule has 1 atom stereocenters. The number of carbonyl (C=O) groups excluding carboxylic acids is 2. The highest BCUT2D eigenvalue weighted by Gasteiger charge is 2.37. The molecule has 1 aliphatic heterocycles. The van der Waals surface area contributed by atoms with Crippen molar-refractivity contribution in [3.05, 3.63) is 17.0 Å². The monoisotopic (exact) mass is 266 g/mol. The van der Waals surface area contributed by atoms with E-state index in [1.54, 1.807) is 25.7 Å². The zero-order valence-corrected chi connectivity index (χ0v) is 11.4. The molecule has 0 bridgehead atoms. The SMILES string of the molecule is CCOC(=O)C1CCCN1C(=O)c1c(C)noc1C. The van der Waals surface area contributed by atoms with Crippen LogP contribution in [-0.4, -0.2) is 41.1 Å². The predicted octanol–water partition coefficient (Wildman–Crippen LogP) is 1.46. The number of hydrogen-bond donors (Lipinski definition) is 0. The molecule has 0 aromatic carbocycles. The van der Waals surface area contributed by atoms with Crippen LogP contribution in [0.15, 0.2) is 4.52 Å². The summed E-state index contributed by atoms with van der Waals surface area (Å²) in [6.07, 6.45) is 1.45. The minimum absolute atomic E-state index is 0.202. The standard InChI is InChI=1S/C13H18N2O4/c1-4-18-13(17)10-6-5-7-15(10)12(16)11-8(2)14-19-9(11)3/h10H,4-7H2,1-3H3. The second-order valence-corrected chi connectivity index (χ2v) is 4.61. The third-order valence-electron chi connectivity index (χ3n) is 3.32. The number of amides is 1. The number of carbonyl (C=O) groups is 2. The smallest absolute Gasteiger partial charge is 0.328 e. The molecule has 19 heavy (non-hydrogen) atoms. The van der Waals surface area contributed by atoms with Gasteiger partial charge < -0.3 is 14.2 Å². The number of ether oxygens (including phenoxy) is 1. The fourth-order valence-corrected chi connectivity index (χ4v) is 2.43. The zero-order chi connectivity index (χ0) is 14.0. The Labute approximate surface area is 111 Å². The van der Waals surface area contributed by atoms with Crippen LogP contribution in [0.3, 0.4) is 0 Å². The van der Waals surface area contributed by atoms with E-state index in [1.165, 1.54) is 0 Å². The molecule has 0 aliphatic carbocycles. The molecular weight excluding hydrogens is 248 g/mol. The molecule has 1 unspecified atom stereocenters. The number of nitrogens with zero attached hydrogens (tertiary/aromatic N) is 2. The highest BCUT2D eigenvalue weighted by Crippen LogP contribution is 2.24. The van der Waals surface area contributed by atoms with Crippen molar-refractivity contribution in [2.24, 2.45) is 0 Å². The fraction of sp³-hybridized carbons (Fsp3) is 0.615. The second kappa shape index (κ2) is 5.42. The molecule has 6 nitrogen and oxygen atoms in total. The van der Waals surface area contributed by atoms with Gasteiger partial charge in [0, 0.05) is 6.54 Å². The van der Waals surface area contributed by atoms with E-state index < -0.39 is 6.04 Å². The minimum Gasteiger partial charge on any atom is -0.464 e. The van der Waals surface area contributed by atoms with Gasteiger partial charge in [0.15, 0.2) is 0 Å². The Balaban J connectivity index is 2.21. The van der Waals surface area contributed by atoms with E-state index in [0.29, 0.717) is 36.6 Å². The molecule has 1 aromatic heterocycles. The van der Waals surface area contributed by atoms with E-state index in [0.717, 1.165) is 6.42 Å². The predicted molar refractivity (Wildman–Crippen MR) is 66.7 cm³/mol. The molecule has 0 N–H and O–H groups in total. The molecule has 6 heteroatoms. The third kappa shape index (κ3) is 2.47. The molecule has 2 heterocycles. The number of aromatic nitrogens is 1. The molecule has 1 aliphatic rings. The van der Waals surface area contributed by atoms with Crippen molar-refractivity contribution in [2.75, 3.05) is 13.2 Å². The second-order valence-electron chi connectivity index (χ2n) is 4.61. The minimum atomic E-state index is -0.485. The van der Waals surface area contributed by atoms with Crippen molar-refractivity contribution < 1.29 is 18.8 Å². The van der Waals surface area contributed by atoms with Gasteiger partial charge in [-0.15, -0.1) is 0 Å². The van der Waals surface area contributed by atoms with E-state index in [2.05, 4.69) is 5.16 Å². The molecule has 104 valence electrons. The average molecular weight is 266 g/mol. The van der Waals surface area contributed by atoms with Crippen LogP contribution in [0.5, 0.6) is 0 Å². The Bertz CT molecular complexity index is 475. The van der Waals surface area contributed by atoms with Gasteiger partial charge in [-0.05, 0) is 33.6 Å². The number of rotatable bonds is 3. The Morgan fingerprint density at radius 2 is 2.21 bits per heavy atom. The van der Waals surface area contributed by atoms with Crippen LogP contribution in [0.4, 0.5) is 0 Å². The topological polar surface area (TPSA) is 72.6 Å². The van der Waals surface area contributed by atoms with Crippen LogP contribution in [0, 0.1) is 13.8 Å². The van der Waals surface area contributed by atoms with Gasteiger partial charge in [0.05, 0.1) is 12.3 Å². The number of hydrogen-bond acceptors (Lipinski definition) is 5. The van der Waals surface area contributed by atoms with Crippen LogP contribution in [0.25, 0.3) is 0 Å². The molecule has 0 spiro atoms. The van der Waals surface area contributed by atoms with Gasteiger partial charge in [-0.2, -0.15) is 0 Å². The highest BCUT2D eigenvalue weighted by molar-refractivity contribution is 5.98. The fourth-order valence-electron chi connectivity index (χ4n) is 2.43.